The van der Waals surface area contributed by atoms with Gasteiger partial charge in [0.05, 0.1) is 0 Å². The van der Waals surface area contributed by atoms with Gasteiger partial charge in [0, 0.05) is 12.8 Å². The molecule has 0 N–H and O–H groups in total. The first-order valence-electron chi connectivity index (χ1n) is 6.74. The summed E-state index contributed by atoms with van der Waals surface area (Å²) in [5, 5.41) is 0. The number of nitrogens with zero attached hydrogens (tertiary/aromatic N) is 1. The van der Waals surface area contributed by atoms with Crippen LogP contribution in [-0.2, 0) is 0 Å². The molecule has 0 unspecified atom stereocenters. The molecule has 0 spiro atoms. The molecule has 0 saturated carbocycles. The highest BCUT2D eigenvalue weighted by atomic mass is 14.7. The lowest BCUT2D eigenvalue weighted by Gasteiger charge is -1.99. The summed E-state index contributed by atoms with van der Waals surface area (Å²) in [6.07, 6.45) is 8.76. The summed E-state index contributed by atoms with van der Waals surface area (Å²) >= 11 is 0. The van der Waals surface area contributed by atoms with Crippen molar-refractivity contribution >= 4 is 6.21 Å². The van der Waals surface area contributed by atoms with Gasteiger partial charge in [-0.05, 0) is 25.8 Å². The van der Waals surface area contributed by atoms with Gasteiger partial charge >= 0.3 is 0 Å². The van der Waals surface area contributed by atoms with Gasteiger partial charge in [-0.1, -0.05) is 65.0 Å². The Morgan fingerprint density at radius 1 is 1.12 bits per heavy atom. The zero-order valence-corrected chi connectivity index (χ0v) is 12.9. The lowest BCUT2D eigenvalue weighted by molar-refractivity contribution is 1.08. The molecule has 0 aromatic rings. The lowest BCUT2D eigenvalue weighted by Crippen LogP contribution is -1.87. The molecule has 0 bridgehead atoms. The van der Waals surface area contributed by atoms with E-state index in [4.69, 9.17) is 0 Å². The van der Waals surface area contributed by atoms with Crippen molar-refractivity contribution in [2.75, 3.05) is 6.54 Å². The molecule has 0 heterocycles. The SMILES string of the molecule is C=C/C=C\C(C=NCC)=C(\C)CC.CC.CC. The second-order valence-electron chi connectivity index (χ2n) is 2.81. The number of hydrogen-bond acceptors (Lipinski definition) is 1. The molecule has 1 nitrogen and oxygen atoms in total. The fraction of sp³-hybridized carbons (Fsp3) is 0.562. The molecule has 0 aromatic heterocycles. The van der Waals surface area contributed by atoms with Crippen molar-refractivity contribution in [1.82, 2.24) is 0 Å². The van der Waals surface area contributed by atoms with Crippen LogP contribution in [0.15, 0.2) is 40.9 Å². The summed E-state index contributed by atoms with van der Waals surface area (Å²) in [5.41, 5.74) is 2.56. The van der Waals surface area contributed by atoms with Crippen molar-refractivity contribution in [3.05, 3.63) is 36.0 Å². The summed E-state index contributed by atoms with van der Waals surface area (Å²) in [4.78, 5) is 4.23. The van der Waals surface area contributed by atoms with Gasteiger partial charge in [-0.3, -0.25) is 4.99 Å². The maximum atomic E-state index is 4.23. The van der Waals surface area contributed by atoms with Gasteiger partial charge in [-0.15, -0.1) is 0 Å². The van der Waals surface area contributed by atoms with Crippen LogP contribution in [0.5, 0.6) is 0 Å². The van der Waals surface area contributed by atoms with Crippen molar-refractivity contribution < 1.29 is 0 Å². The Kier molecular flexibility index (Phi) is 25.3. The van der Waals surface area contributed by atoms with Crippen molar-refractivity contribution in [2.45, 2.75) is 54.9 Å². The Bertz CT molecular complexity index is 232. The fourth-order valence-corrected chi connectivity index (χ4v) is 0.861. The van der Waals surface area contributed by atoms with Crippen LogP contribution in [0.3, 0.4) is 0 Å². The zero-order valence-electron chi connectivity index (χ0n) is 12.9. The largest absolute Gasteiger partial charge is 0.293 e. The highest BCUT2D eigenvalue weighted by molar-refractivity contribution is 5.83. The van der Waals surface area contributed by atoms with Gasteiger partial charge in [0.25, 0.3) is 0 Å². The smallest absolute Gasteiger partial charge is 0.0361 e. The summed E-state index contributed by atoms with van der Waals surface area (Å²) < 4.78 is 0. The predicted molar refractivity (Wildman–Crippen MR) is 84.1 cm³/mol. The van der Waals surface area contributed by atoms with E-state index in [2.05, 4.69) is 25.4 Å². The Morgan fingerprint density at radius 2 is 1.65 bits per heavy atom. The summed E-state index contributed by atoms with van der Waals surface area (Å²) in [6.45, 7) is 18.8. The van der Waals surface area contributed by atoms with Crippen LogP contribution in [0, 0.1) is 0 Å². The standard InChI is InChI=1S/C12H19N.2C2H6/c1-5-8-9-12(10-13-7-3)11(4)6-2;2*1-2/h5,8-10H,1,6-7H2,2-4H3;2*1-2H3/b9-8-,12-11+,13-10?;;. The van der Waals surface area contributed by atoms with E-state index >= 15 is 0 Å². The first-order valence-corrected chi connectivity index (χ1v) is 6.74. The van der Waals surface area contributed by atoms with Crippen LogP contribution >= 0.6 is 0 Å². The fourth-order valence-electron chi connectivity index (χ4n) is 0.861. The van der Waals surface area contributed by atoms with Crippen molar-refractivity contribution in [2.24, 2.45) is 4.99 Å². The van der Waals surface area contributed by atoms with E-state index in [1.165, 1.54) is 11.1 Å². The van der Waals surface area contributed by atoms with Gasteiger partial charge < -0.3 is 0 Å². The van der Waals surface area contributed by atoms with E-state index in [0.717, 1.165) is 13.0 Å². The molecule has 0 amide bonds. The van der Waals surface area contributed by atoms with Crippen LogP contribution in [0.1, 0.15) is 54.9 Å². The molecule has 0 aromatic carbocycles. The Morgan fingerprint density at radius 3 is 2.00 bits per heavy atom. The monoisotopic (exact) mass is 237 g/mol. The lowest BCUT2D eigenvalue weighted by atomic mass is 10.1. The second-order valence-corrected chi connectivity index (χ2v) is 2.81. The van der Waals surface area contributed by atoms with Crippen molar-refractivity contribution in [3.63, 3.8) is 0 Å². The normalized spacial score (nSPS) is 11.2. The molecule has 0 atom stereocenters. The third-order valence-corrected chi connectivity index (χ3v) is 1.85. The highest BCUT2D eigenvalue weighted by Gasteiger charge is 1.92. The maximum Gasteiger partial charge on any atom is 0.0361 e. The van der Waals surface area contributed by atoms with Crippen LogP contribution < -0.4 is 0 Å². The summed E-state index contributed by atoms with van der Waals surface area (Å²) in [7, 11) is 0. The first kappa shape index (κ1) is 21.2. The summed E-state index contributed by atoms with van der Waals surface area (Å²) in [6, 6.07) is 0. The van der Waals surface area contributed by atoms with Crippen LogP contribution in [-0.4, -0.2) is 12.8 Å². The van der Waals surface area contributed by atoms with E-state index < -0.39 is 0 Å². The Labute approximate surface area is 109 Å². The second kappa shape index (κ2) is 20.3. The topological polar surface area (TPSA) is 12.4 Å². The molecule has 1 heteroatoms. The van der Waals surface area contributed by atoms with Crippen LogP contribution in [0.2, 0.25) is 0 Å². The molecule has 0 aliphatic carbocycles. The third-order valence-electron chi connectivity index (χ3n) is 1.85. The average molecular weight is 237 g/mol. The van der Waals surface area contributed by atoms with Crippen molar-refractivity contribution in [3.8, 4) is 0 Å². The van der Waals surface area contributed by atoms with Crippen LogP contribution in [0.4, 0.5) is 0 Å². The number of aliphatic imine (C=N–C) groups is 1. The molecular weight excluding hydrogens is 206 g/mol. The Balaban J connectivity index is -0.000000439. The molecule has 0 radical (unpaired) electrons. The molecule has 17 heavy (non-hydrogen) atoms. The van der Waals surface area contributed by atoms with E-state index in [1.807, 2.05) is 53.0 Å². The third kappa shape index (κ3) is 14.9. The zero-order chi connectivity index (χ0) is 14.1. The van der Waals surface area contributed by atoms with E-state index in [1.54, 1.807) is 6.08 Å². The summed E-state index contributed by atoms with van der Waals surface area (Å²) in [5.74, 6) is 0. The highest BCUT2D eigenvalue weighted by Crippen LogP contribution is 2.07. The molecule has 0 fully saturated rings. The minimum atomic E-state index is 0.836. The van der Waals surface area contributed by atoms with Crippen molar-refractivity contribution in [1.29, 1.82) is 0 Å². The molecule has 0 saturated heterocycles. The minimum absolute atomic E-state index is 0.836. The Hall–Kier alpha value is -1.11. The number of allylic oxidation sites excluding steroid dienone is 5. The molecular formula is C16H31N. The van der Waals surface area contributed by atoms with E-state index in [-0.39, 0.29) is 0 Å². The van der Waals surface area contributed by atoms with Gasteiger partial charge in [-0.2, -0.15) is 0 Å². The molecule has 0 rings (SSSR count). The van der Waals surface area contributed by atoms with Crippen LogP contribution in [0.25, 0.3) is 0 Å². The van der Waals surface area contributed by atoms with Gasteiger partial charge in [0.1, 0.15) is 0 Å². The molecule has 0 aliphatic rings. The first-order chi connectivity index (χ1) is 8.26. The number of rotatable bonds is 5. The van der Waals surface area contributed by atoms with Gasteiger partial charge in [-0.25, -0.2) is 0 Å². The quantitative estimate of drug-likeness (QED) is 0.436. The molecule has 0 aliphatic heterocycles. The van der Waals surface area contributed by atoms with E-state index in [9.17, 15) is 0 Å². The van der Waals surface area contributed by atoms with Gasteiger partial charge in [0.2, 0.25) is 0 Å². The predicted octanol–water partition coefficient (Wildman–Crippen LogP) is 5.60. The number of hydrogen-bond donors (Lipinski definition) is 0. The maximum absolute atomic E-state index is 4.23. The molecule has 100 valence electrons. The minimum Gasteiger partial charge on any atom is -0.293 e. The van der Waals surface area contributed by atoms with Gasteiger partial charge in [0.15, 0.2) is 0 Å². The average Bonchev–Trinajstić information content (AvgIpc) is 2.42. The van der Waals surface area contributed by atoms with E-state index in [0.29, 0.717) is 0 Å².